The van der Waals surface area contributed by atoms with Crippen LogP contribution >= 0.6 is 36.2 Å². The summed E-state index contributed by atoms with van der Waals surface area (Å²) in [7, 11) is 0. The van der Waals surface area contributed by atoms with Crippen molar-refractivity contribution in [3.05, 3.63) is 45.4 Å². The van der Waals surface area contributed by atoms with Crippen LogP contribution < -0.4 is 11.1 Å². The molecule has 1 aliphatic heterocycles. The first-order valence-corrected chi connectivity index (χ1v) is 9.88. The molecule has 160 valence electrons. The van der Waals surface area contributed by atoms with Crippen molar-refractivity contribution in [2.75, 3.05) is 38.0 Å². The maximum Gasteiger partial charge on any atom is 0.273 e. The lowest BCUT2D eigenvalue weighted by Gasteiger charge is -2.34. The predicted octanol–water partition coefficient (Wildman–Crippen LogP) is 2.46. The molecule has 1 aromatic carbocycles. The topological polar surface area (TPSA) is 91.6 Å². The van der Waals surface area contributed by atoms with Crippen LogP contribution in [-0.4, -0.2) is 59.3 Å². The molecule has 0 aliphatic carbocycles. The van der Waals surface area contributed by atoms with Crippen molar-refractivity contribution in [1.29, 1.82) is 0 Å². The number of nitrogens with zero attached hydrogens (tertiary/aromatic N) is 3. The van der Waals surface area contributed by atoms with Crippen LogP contribution in [-0.2, 0) is 11.3 Å². The smallest absolute Gasteiger partial charge is 0.273 e. The lowest BCUT2D eigenvalue weighted by atomic mass is 10.1. The molecule has 2 amide bonds. The molecular formula is C19H27Cl2N5O2S. The molecule has 0 atom stereocenters. The van der Waals surface area contributed by atoms with Crippen molar-refractivity contribution in [2.24, 2.45) is 5.73 Å². The first-order chi connectivity index (χ1) is 13.0. The van der Waals surface area contributed by atoms with Crippen LogP contribution in [0.4, 0.5) is 5.69 Å². The molecule has 0 spiro atoms. The normalized spacial score (nSPS) is 14.0. The van der Waals surface area contributed by atoms with Crippen LogP contribution in [0.1, 0.15) is 26.6 Å². The number of rotatable bonds is 5. The summed E-state index contributed by atoms with van der Waals surface area (Å²) < 4.78 is 0. The second-order valence-corrected chi connectivity index (χ2v) is 7.66. The maximum atomic E-state index is 12.5. The van der Waals surface area contributed by atoms with Crippen molar-refractivity contribution >= 4 is 53.7 Å². The fourth-order valence-electron chi connectivity index (χ4n) is 3.17. The van der Waals surface area contributed by atoms with Gasteiger partial charge in [-0.2, -0.15) is 0 Å². The standard InChI is InChI=1S/C19H25N5O2S.2ClH/c1-13-4-3-5-14(2)18(13)22-16(25)11-23-6-8-24(9-7-23)19(26)15-12-27-17(10-20)21-15;;/h3-5,12H,6-11,20H2,1-2H3,(H,22,25);2*1H. The van der Waals surface area contributed by atoms with Gasteiger partial charge in [0.15, 0.2) is 0 Å². The summed E-state index contributed by atoms with van der Waals surface area (Å²) in [6.07, 6.45) is 0. The van der Waals surface area contributed by atoms with E-state index in [0.29, 0.717) is 45.0 Å². The van der Waals surface area contributed by atoms with E-state index in [4.69, 9.17) is 5.73 Å². The monoisotopic (exact) mass is 459 g/mol. The zero-order chi connectivity index (χ0) is 19.4. The van der Waals surface area contributed by atoms with Crippen molar-refractivity contribution in [1.82, 2.24) is 14.8 Å². The Kier molecular flexibility index (Phi) is 10.0. The third kappa shape index (κ3) is 6.38. The summed E-state index contributed by atoms with van der Waals surface area (Å²) in [5.41, 5.74) is 9.01. The quantitative estimate of drug-likeness (QED) is 0.716. The van der Waals surface area contributed by atoms with E-state index in [9.17, 15) is 9.59 Å². The van der Waals surface area contributed by atoms with Crippen LogP contribution in [0.25, 0.3) is 0 Å². The summed E-state index contributed by atoms with van der Waals surface area (Å²) in [4.78, 5) is 33.0. The van der Waals surface area contributed by atoms with E-state index in [1.807, 2.05) is 32.0 Å². The average Bonchev–Trinajstić information content (AvgIpc) is 3.14. The van der Waals surface area contributed by atoms with Crippen molar-refractivity contribution < 1.29 is 9.59 Å². The number of piperazine rings is 1. The number of hydrogen-bond donors (Lipinski definition) is 2. The number of nitrogens with two attached hydrogens (primary N) is 1. The molecule has 2 heterocycles. The molecule has 10 heteroatoms. The number of nitrogens with one attached hydrogen (secondary N) is 1. The molecule has 3 rings (SSSR count). The van der Waals surface area contributed by atoms with Gasteiger partial charge in [-0.05, 0) is 25.0 Å². The lowest BCUT2D eigenvalue weighted by Crippen LogP contribution is -2.50. The van der Waals surface area contributed by atoms with Gasteiger partial charge in [0.25, 0.3) is 5.91 Å². The largest absolute Gasteiger partial charge is 0.335 e. The minimum atomic E-state index is -0.0643. The molecule has 0 bridgehead atoms. The molecular weight excluding hydrogens is 433 g/mol. The van der Waals surface area contributed by atoms with Gasteiger partial charge in [0, 0.05) is 43.8 Å². The number of hydrogen-bond acceptors (Lipinski definition) is 6. The SMILES string of the molecule is Cc1cccc(C)c1NC(=O)CN1CCN(C(=O)c2csc(CN)n2)CC1.Cl.Cl. The highest BCUT2D eigenvalue weighted by Gasteiger charge is 2.24. The van der Waals surface area contributed by atoms with Gasteiger partial charge < -0.3 is 16.0 Å². The minimum absolute atomic E-state index is 0. The number of carbonyl (C=O) groups excluding carboxylic acids is 2. The molecule has 2 aromatic rings. The molecule has 1 aromatic heterocycles. The minimum Gasteiger partial charge on any atom is -0.335 e. The van der Waals surface area contributed by atoms with E-state index >= 15 is 0 Å². The number of thiazole rings is 1. The van der Waals surface area contributed by atoms with Gasteiger partial charge in [-0.15, -0.1) is 36.2 Å². The predicted molar refractivity (Wildman–Crippen MR) is 121 cm³/mol. The van der Waals surface area contributed by atoms with E-state index in [1.54, 1.807) is 10.3 Å². The second kappa shape index (κ2) is 11.5. The Labute approximate surface area is 187 Å². The number of halogens is 2. The van der Waals surface area contributed by atoms with E-state index in [2.05, 4.69) is 15.2 Å². The average molecular weight is 460 g/mol. The number of para-hydroxylation sites is 1. The lowest BCUT2D eigenvalue weighted by molar-refractivity contribution is -0.117. The van der Waals surface area contributed by atoms with Gasteiger partial charge in [-0.25, -0.2) is 4.98 Å². The Morgan fingerprint density at radius 1 is 1.14 bits per heavy atom. The van der Waals surface area contributed by atoms with Gasteiger partial charge in [0.05, 0.1) is 6.54 Å². The summed E-state index contributed by atoms with van der Waals surface area (Å²) in [5.74, 6) is -0.0927. The summed E-state index contributed by atoms with van der Waals surface area (Å²) >= 11 is 1.41. The van der Waals surface area contributed by atoms with Crippen molar-refractivity contribution in [3.8, 4) is 0 Å². The molecule has 7 nitrogen and oxygen atoms in total. The maximum absolute atomic E-state index is 12.5. The number of anilines is 1. The van der Waals surface area contributed by atoms with Crippen LogP contribution in [0.5, 0.6) is 0 Å². The highest BCUT2D eigenvalue weighted by Crippen LogP contribution is 2.19. The third-order valence-electron chi connectivity index (χ3n) is 4.72. The van der Waals surface area contributed by atoms with E-state index in [-0.39, 0.29) is 36.6 Å². The summed E-state index contributed by atoms with van der Waals surface area (Å²) in [6, 6.07) is 5.96. The van der Waals surface area contributed by atoms with Gasteiger partial charge in [-0.3, -0.25) is 14.5 Å². The van der Waals surface area contributed by atoms with Crippen LogP contribution in [0.3, 0.4) is 0 Å². The zero-order valence-corrected chi connectivity index (χ0v) is 19.0. The molecule has 1 fully saturated rings. The first-order valence-electron chi connectivity index (χ1n) is 9.00. The van der Waals surface area contributed by atoms with Gasteiger partial charge >= 0.3 is 0 Å². The Hall–Kier alpha value is -1.71. The number of amides is 2. The molecule has 0 saturated carbocycles. The number of aromatic nitrogens is 1. The fourth-order valence-corrected chi connectivity index (χ4v) is 3.82. The molecule has 1 saturated heterocycles. The molecule has 29 heavy (non-hydrogen) atoms. The van der Waals surface area contributed by atoms with Crippen LogP contribution in [0.15, 0.2) is 23.6 Å². The van der Waals surface area contributed by atoms with Crippen LogP contribution in [0, 0.1) is 13.8 Å². The highest BCUT2D eigenvalue weighted by atomic mass is 35.5. The highest BCUT2D eigenvalue weighted by molar-refractivity contribution is 7.09. The molecule has 0 radical (unpaired) electrons. The number of benzene rings is 1. The Morgan fingerprint density at radius 2 is 1.76 bits per heavy atom. The summed E-state index contributed by atoms with van der Waals surface area (Å²) in [5, 5.41) is 5.54. The van der Waals surface area contributed by atoms with Crippen molar-refractivity contribution in [3.63, 3.8) is 0 Å². The van der Waals surface area contributed by atoms with E-state index in [1.165, 1.54) is 11.3 Å². The molecule has 0 unspecified atom stereocenters. The van der Waals surface area contributed by atoms with Gasteiger partial charge in [-0.1, -0.05) is 18.2 Å². The number of carbonyl (C=O) groups is 2. The van der Waals surface area contributed by atoms with Gasteiger partial charge in [0.2, 0.25) is 5.91 Å². The van der Waals surface area contributed by atoms with E-state index in [0.717, 1.165) is 21.8 Å². The third-order valence-corrected chi connectivity index (χ3v) is 5.59. The zero-order valence-electron chi connectivity index (χ0n) is 16.5. The van der Waals surface area contributed by atoms with Gasteiger partial charge in [0.1, 0.15) is 10.7 Å². The first kappa shape index (κ1) is 25.3. The molecule has 1 aliphatic rings. The second-order valence-electron chi connectivity index (χ2n) is 6.71. The Balaban J connectivity index is 0.00000210. The molecule has 3 N–H and O–H groups in total. The van der Waals surface area contributed by atoms with E-state index < -0.39 is 0 Å². The van der Waals surface area contributed by atoms with Crippen molar-refractivity contribution in [2.45, 2.75) is 20.4 Å². The fraction of sp³-hybridized carbons (Fsp3) is 0.421. The number of aryl methyl sites for hydroxylation is 2. The Morgan fingerprint density at radius 3 is 2.31 bits per heavy atom. The summed E-state index contributed by atoms with van der Waals surface area (Å²) in [6.45, 7) is 7.16. The van der Waals surface area contributed by atoms with Crippen LogP contribution in [0.2, 0.25) is 0 Å². The Bertz CT molecular complexity index is 818.